The van der Waals surface area contributed by atoms with E-state index in [1.807, 2.05) is 0 Å². The Morgan fingerprint density at radius 1 is 1.11 bits per heavy atom. The highest BCUT2D eigenvalue weighted by Crippen LogP contribution is 2.30. The molecule has 1 nitrogen and oxygen atoms in total. The van der Waals surface area contributed by atoms with Crippen molar-refractivity contribution in [2.75, 3.05) is 0 Å². The molecule has 2 rings (SSSR count). The molecule has 0 saturated heterocycles. The second kappa shape index (κ2) is 5.44. The lowest BCUT2D eigenvalue weighted by Crippen LogP contribution is -2.15. The SMILES string of the molecule is Cc1cc2ccc(O[SiH2]C(C)(C)C)cc2c(I)c1C. The normalized spacial score (nSPS) is 12.5. The second-order valence-electron chi connectivity index (χ2n) is 6.36. The van der Waals surface area contributed by atoms with Gasteiger partial charge in [0.05, 0.1) is 0 Å². The average molecular weight is 384 g/mol. The highest BCUT2D eigenvalue weighted by atomic mass is 127. The Bertz CT molecular complexity index is 614. The fraction of sp³-hybridized carbons (Fsp3) is 0.375. The third-order valence-electron chi connectivity index (χ3n) is 3.23. The van der Waals surface area contributed by atoms with E-state index in [-0.39, 0.29) is 0 Å². The van der Waals surface area contributed by atoms with Gasteiger partial charge >= 0.3 is 0 Å². The summed E-state index contributed by atoms with van der Waals surface area (Å²) in [4.78, 5) is 0. The molecule has 0 spiro atoms. The lowest BCUT2D eigenvalue weighted by molar-refractivity contribution is 0.545. The quantitative estimate of drug-likeness (QED) is 0.537. The van der Waals surface area contributed by atoms with Crippen molar-refractivity contribution >= 4 is 43.1 Å². The maximum absolute atomic E-state index is 6.04. The summed E-state index contributed by atoms with van der Waals surface area (Å²) >= 11 is 2.45. The number of halogens is 1. The first-order valence-electron chi connectivity index (χ1n) is 6.60. The molecular weight excluding hydrogens is 363 g/mol. The van der Waals surface area contributed by atoms with Gasteiger partial charge in [-0.3, -0.25) is 0 Å². The van der Waals surface area contributed by atoms with E-state index in [1.54, 1.807) is 0 Å². The minimum Gasteiger partial charge on any atom is -0.549 e. The van der Waals surface area contributed by atoms with E-state index in [2.05, 4.69) is 81.5 Å². The van der Waals surface area contributed by atoms with Gasteiger partial charge in [-0.1, -0.05) is 32.9 Å². The van der Waals surface area contributed by atoms with Crippen LogP contribution in [0.25, 0.3) is 10.8 Å². The Morgan fingerprint density at radius 3 is 2.42 bits per heavy atom. The lowest BCUT2D eigenvalue weighted by Gasteiger charge is -2.18. The van der Waals surface area contributed by atoms with Gasteiger partial charge in [0.15, 0.2) is 0 Å². The Kier molecular flexibility index (Phi) is 4.25. The van der Waals surface area contributed by atoms with Crippen molar-refractivity contribution in [3.05, 3.63) is 39.0 Å². The highest BCUT2D eigenvalue weighted by Gasteiger charge is 2.13. The van der Waals surface area contributed by atoms with Crippen LogP contribution in [0.1, 0.15) is 31.9 Å². The third kappa shape index (κ3) is 3.51. The summed E-state index contributed by atoms with van der Waals surface area (Å²) in [5.41, 5.74) is 2.73. The molecule has 0 saturated carbocycles. The maximum atomic E-state index is 6.04. The molecule has 0 aliphatic heterocycles. The van der Waals surface area contributed by atoms with Gasteiger partial charge in [0.2, 0.25) is 9.76 Å². The zero-order chi connectivity index (χ0) is 14.2. The molecule has 0 heterocycles. The fourth-order valence-corrected chi connectivity index (χ4v) is 3.63. The Hall–Kier alpha value is -0.553. The van der Waals surface area contributed by atoms with Gasteiger partial charge < -0.3 is 4.43 Å². The minimum atomic E-state index is -0.547. The molecule has 0 amide bonds. The Labute approximate surface area is 131 Å². The van der Waals surface area contributed by atoms with Crippen LogP contribution in [0.15, 0.2) is 24.3 Å². The van der Waals surface area contributed by atoms with Gasteiger partial charge in [0.1, 0.15) is 5.75 Å². The van der Waals surface area contributed by atoms with Crippen molar-refractivity contribution in [1.29, 1.82) is 0 Å². The van der Waals surface area contributed by atoms with Crippen molar-refractivity contribution in [2.45, 2.75) is 39.7 Å². The van der Waals surface area contributed by atoms with Crippen molar-refractivity contribution in [2.24, 2.45) is 0 Å². The molecule has 0 N–H and O–H groups in total. The molecule has 3 heteroatoms. The molecule has 2 aromatic rings. The number of benzene rings is 2. The summed E-state index contributed by atoms with van der Waals surface area (Å²) in [6, 6.07) is 8.74. The first kappa shape index (κ1) is 14.8. The molecule has 0 aliphatic rings. The van der Waals surface area contributed by atoms with Crippen LogP contribution in [-0.2, 0) is 0 Å². The standard InChI is InChI=1S/C16H21IOSi/c1-10-8-12-6-7-13(18-19-16(3,4)5)9-14(12)15(17)11(10)2/h6-9H,19H2,1-5H3. The van der Waals surface area contributed by atoms with Crippen molar-refractivity contribution in [1.82, 2.24) is 0 Å². The molecule has 19 heavy (non-hydrogen) atoms. The summed E-state index contributed by atoms with van der Waals surface area (Å²) in [5.74, 6) is 1.02. The van der Waals surface area contributed by atoms with E-state index in [0.717, 1.165) is 5.75 Å². The molecular formula is C16H21IOSi. The molecule has 0 unspecified atom stereocenters. The Morgan fingerprint density at radius 2 is 1.79 bits per heavy atom. The maximum Gasteiger partial charge on any atom is 0.224 e. The van der Waals surface area contributed by atoms with E-state index < -0.39 is 9.76 Å². The molecule has 0 aliphatic carbocycles. The van der Waals surface area contributed by atoms with Crippen LogP contribution in [0.4, 0.5) is 0 Å². The number of aryl methyl sites for hydroxylation is 1. The molecule has 0 fully saturated rings. The largest absolute Gasteiger partial charge is 0.549 e. The first-order chi connectivity index (χ1) is 8.78. The number of fused-ring (bicyclic) bond motifs is 1. The summed E-state index contributed by atoms with van der Waals surface area (Å²) < 4.78 is 7.38. The van der Waals surface area contributed by atoms with E-state index >= 15 is 0 Å². The van der Waals surface area contributed by atoms with Gasteiger partial charge in [-0.2, -0.15) is 0 Å². The number of hydrogen-bond donors (Lipinski definition) is 0. The molecule has 2 aromatic carbocycles. The topological polar surface area (TPSA) is 9.23 Å². The van der Waals surface area contributed by atoms with Gasteiger partial charge in [0.25, 0.3) is 0 Å². The molecule has 0 bridgehead atoms. The fourth-order valence-electron chi connectivity index (χ4n) is 1.96. The van der Waals surface area contributed by atoms with Crippen LogP contribution < -0.4 is 4.43 Å². The van der Waals surface area contributed by atoms with Gasteiger partial charge in [-0.15, -0.1) is 0 Å². The van der Waals surface area contributed by atoms with Crippen LogP contribution in [0.5, 0.6) is 5.75 Å². The molecule has 0 atom stereocenters. The summed E-state index contributed by atoms with van der Waals surface area (Å²) in [6.07, 6.45) is 0. The van der Waals surface area contributed by atoms with Crippen LogP contribution in [0, 0.1) is 17.4 Å². The van der Waals surface area contributed by atoms with E-state index in [0.29, 0.717) is 5.04 Å². The monoisotopic (exact) mass is 384 g/mol. The summed E-state index contributed by atoms with van der Waals surface area (Å²) in [7, 11) is -0.547. The van der Waals surface area contributed by atoms with Crippen LogP contribution in [0.3, 0.4) is 0 Å². The summed E-state index contributed by atoms with van der Waals surface area (Å²) in [6.45, 7) is 11.1. The van der Waals surface area contributed by atoms with Crippen LogP contribution in [0.2, 0.25) is 5.04 Å². The van der Waals surface area contributed by atoms with E-state index in [9.17, 15) is 0 Å². The molecule has 102 valence electrons. The minimum absolute atomic E-state index is 0.325. The predicted molar refractivity (Wildman–Crippen MR) is 95.0 cm³/mol. The van der Waals surface area contributed by atoms with Gasteiger partial charge in [0, 0.05) is 3.57 Å². The van der Waals surface area contributed by atoms with Gasteiger partial charge in [-0.05, 0) is 75.5 Å². The van der Waals surface area contributed by atoms with E-state index in [1.165, 1.54) is 25.5 Å². The second-order valence-corrected chi connectivity index (χ2v) is 10.1. The lowest BCUT2D eigenvalue weighted by atomic mass is 10.0. The zero-order valence-corrected chi connectivity index (χ0v) is 15.9. The third-order valence-corrected chi connectivity index (χ3v) is 5.96. The average Bonchev–Trinajstić information content (AvgIpc) is 2.33. The Balaban J connectivity index is 2.40. The zero-order valence-electron chi connectivity index (χ0n) is 12.3. The first-order valence-corrected chi connectivity index (χ1v) is 8.96. The smallest absolute Gasteiger partial charge is 0.224 e. The predicted octanol–water partition coefficient (Wildman–Crippen LogP) is 4.74. The molecule has 0 radical (unpaired) electrons. The van der Waals surface area contributed by atoms with Crippen LogP contribution >= 0.6 is 22.6 Å². The van der Waals surface area contributed by atoms with Crippen LogP contribution in [-0.4, -0.2) is 9.76 Å². The highest BCUT2D eigenvalue weighted by molar-refractivity contribution is 14.1. The van der Waals surface area contributed by atoms with E-state index in [4.69, 9.17) is 4.43 Å². The van der Waals surface area contributed by atoms with Gasteiger partial charge in [-0.25, -0.2) is 0 Å². The van der Waals surface area contributed by atoms with Crippen molar-refractivity contribution in [3.63, 3.8) is 0 Å². The van der Waals surface area contributed by atoms with Crippen molar-refractivity contribution < 1.29 is 4.43 Å². The van der Waals surface area contributed by atoms with Crippen molar-refractivity contribution in [3.8, 4) is 5.75 Å². The molecule has 0 aromatic heterocycles. The summed E-state index contributed by atoms with van der Waals surface area (Å²) in [5, 5.41) is 2.94. The number of hydrogen-bond acceptors (Lipinski definition) is 1. The number of rotatable bonds is 2.